The van der Waals surface area contributed by atoms with E-state index in [1.165, 1.54) is 7.11 Å². The van der Waals surface area contributed by atoms with Crippen LogP contribution in [0.25, 0.3) is 0 Å². The molecule has 1 aromatic carbocycles. The molecular formula is C17H22F2O2. The van der Waals surface area contributed by atoms with E-state index in [0.29, 0.717) is 18.1 Å². The molecule has 0 spiro atoms. The second kappa shape index (κ2) is 5.47. The van der Waals surface area contributed by atoms with Gasteiger partial charge in [0, 0.05) is 6.07 Å². The maximum atomic E-state index is 14.4. The summed E-state index contributed by atoms with van der Waals surface area (Å²) in [6, 6.07) is 5.22. The van der Waals surface area contributed by atoms with Gasteiger partial charge in [0.2, 0.25) is 0 Å². The van der Waals surface area contributed by atoms with Gasteiger partial charge in [-0.05, 0) is 42.7 Å². The third-order valence-corrected chi connectivity index (χ3v) is 5.02. The molecule has 1 saturated carbocycles. The normalized spacial score (nSPS) is 31.1. The van der Waals surface area contributed by atoms with Gasteiger partial charge in [0.1, 0.15) is 11.5 Å². The molecule has 1 unspecified atom stereocenters. The van der Waals surface area contributed by atoms with Crippen LogP contribution in [0.5, 0.6) is 11.5 Å². The lowest BCUT2D eigenvalue weighted by Gasteiger charge is -2.40. The Hall–Kier alpha value is -1.32. The molecule has 116 valence electrons. The Morgan fingerprint density at radius 1 is 1.19 bits per heavy atom. The topological polar surface area (TPSA) is 18.5 Å². The highest BCUT2D eigenvalue weighted by Gasteiger charge is 2.50. The van der Waals surface area contributed by atoms with Crippen LogP contribution in [0.15, 0.2) is 18.2 Å². The van der Waals surface area contributed by atoms with Crippen molar-refractivity contribution in [2.75, 3.05) is 7.11 Å². The van der Waals surface area contributed by atoms with Gasteiger partial charge in [-0.15, -0.1) is 0 Å². The van der Waals surface area contributed by atoms with Crippen LogP contribution in [0, 0.1) is 17.8 Å². The van der Waals surface area contributed by atoms with E-state index < -0.39 is 12.0 Å². The monoisotopic (exact) mass is 296 g/mol. The summed E-state index contributed by atoms with van der Waals surface area (Å²) in [4.78, 5) is 0. The van der Waals surface area contributed by atoms with Crippen LogP contribution in [0.2, 0.25) is 0 Å². The first kappa shape index (κ1) is 14.6. The Kier molecular flexibility index (Phi) is 3.80. The van der Waals surface area contributed by atoms with E-state index in [4.69, 9.17) is 9.47 Å². The predicted octanol–water partition coefficient (Wildman–Crippen LogP) is 4.67. The number of hydrogen-bond acceptors (Lipinski definition) is 2. The Balaban J connectivity index is 1.83. The van der Waals surface area contributed by atoms with Crippen molar-refractivity contribution in [3.05, 3.63) is 23.8 Å². The molecule has 1 aromatic rings. The highest BCUT2D eigenvalue weighted by Crippen LogP contribution is 2.47. The van der Waals surface area contributed by atoms with E-state index in [0.717, 1.165) is 31.2 Å². The zero-order valence-electron chi connectivity index (χ0n) is 12.6. The summed E-state index contributed by atoms with van der Waals surface area (Å²) >= 11 is 0. The lowest BCUT2D eigenvalue weighted by molar-refractivity contribution is -0.238. The third-order valence-electron chi connectivity index (χ3n) is 5.02. The molecule has 2 nitrogen and oxygen atoms in total. The standard InChI is InChI=1S/C17H22F2O2/c1-11-3-5-12(6-4-11)15-9-13-7-8-14(20-2)10-16(13)21-17(15,18)19/h7-8,10-12,15H,3-6,9H2,1-2H3. The second-order valence-corrected chi connectivity index (χ2v) is 6.47. The molecule has 0 saturated heterocycles. The van der Waals surface area contributed by atoms with Crippen LogP contribution in [0.1, 0.15) is 38.2 Å². The van der Waals surface area contributed by atoms with Gasteiger partial charge in [-0.3, -0.25) is 0 Å². The summed E-state index contributed by atoms with van der Waals surface area (Å²) in [6.45, 7) is 2.20. The number of hydrogen-bond donors (Lipinski definition) is 0. The minimum absolute atomic E-state index is 0.0615. The zero-order chi connectivity index (χ0) is 15.0. The fourth-order valence-electron chi connectivity index (χ4n) is 3.63. The Morgan fingerprint density at radius 2 is 1.90 bits per heavy atom. The molecule has 0 bridgehead atoms. The van der Waals surface area contributed by atoms with Crippen molar-refractivity contribution < 1.29 is 18.3 Å². The smallest absolute Gasteiger partial charge is 0.401 e. The minimum Gasteiger partial charge on any atom is -0.497 e. The van der Waals surface area contributed by atoms with Crippen LogP contribution in [-0.4, -0.2) is 13.2 Å². The molecule has 0 radical (unpaired) electrons. The summed E-state index contributed by atoms with van der Waals surface area (Å²) in [6.07, 6.45) is 1.18. The summed E-state index contributed by atoms with van der Waals surface area (Å²) in [5.74, 6) is 0.836. The second-order valence-electron chi connectivity index (χ2n) is 6.47. The first-order chi connectivity index (χ1) is 9.99. The number of benzene rings is 1. The van der Waals surface area contributed by atoms with Crippen molar-refractivity contribution in [3.8, 4) is 11.5 Å². The molecule has 0 N–H and O–H groups in total. The van der Waals surface area contributed by atoms with Crippen molar-refractivity contribution in [2.45, 2.75) is 45.1 Å². The van der Waals surface area contributed by atoms with Crippen molar-refractivity contribution >= 4 is 0 Å². The van der Waals surface area contributed by atoms with Gasteiger partial charge >= 0.3 is 6.11 Å². The minimum atomic E-state index is -3.08. The lowest BCUT2D eigenvalue weighted by atomic mass is 9.73. The van der Waals surface area contributed by atoms with E-state index in [-0.39, 0.29) is 11.7 Å². The quantitative estimate of drug-likeness (QED) is 0.790. The molecule has 3 rings (SSSR count). The number of fused-ring (bicyclic) bond motifs is 1. The number of rotatable bonds is 2. The molecule has 4 heteroatoms. The van der Waals surface area contributed by atoms with Gasteiger partial charge in [0.25, 0.3) is 0 Å². The number of alkyl halides is 2. The van der Waals surface area contributed by atoms with Gasteiger partial charge in [0.05, 0.1) is 13.0 Å². The number of ether oxygens (including phenoxy) is 2. The first-order valence-corrected chi connectivity index (χ1v) is 7.73. The van der Waals surface area contributed by atoms with Gasteiger partial charge < -0.3 is 9.47 Å². The van der Waals surface area contributed by atoms with E-state index in [2.05, 4.69) is 6.92 Å². The summed E-state index contributed by atoms with van der Waals surface area (Å²) < 4.78 is 38.9. The maximum absolute atomic E-state index is 14.4. The average molecular weight is 296 g/mol. The van der Waals surface area contributed by atoms with Crippen LogP contribution in [0.3, 0.4) is 0 Å². The molecule has 1 fully saturated rings. The third kappa shape index (κ3) is 2.85. The molecule has 1 aliphatic carbocycles. The highest BCUT2D eigenvalue weighted by molar-refractivity contribution is 5.42. The van der Waals surface area contributed by atoms with Crippen LogP contribution < -0.4 is 9.47 Å². The number of halogens is 2. The molecule has 21 heavy (non-hydrogen) atoms. The molecule has 1 heterocycles. The average Bonchev–Trinajstić information content (AvgIpc) is 2.46. The van der Waals surface area contributed by atoms with E-state index >= 15 is 0 Å². The molecule has 0 aromatic heterocycles. The van der Waals surface area contributed by atoms with Crippen LogP contribution in [0.4, 0.5) is 8.78 Å². The van der Waals surface area contributed by atoms with Gasteiger partial charge in [-0.25, -0.2) is 0 Å². The highest BCUT2D eigenvalue weighted by atomic mass is 19.3. The van der Waals surface area contributed by atoms with Crippen LogP contribution in [-0.2, 0) is 6.42 Å². The Labute approximate surface area is 124 Å². The van der Waals surface area contributed by atoms with E-state index in [1.54, 1.807) is 6.07 Å². The Bertz CT molecular complexity index is 508. The fourth-order valence-corrected chi connectivity index (χ4v) is 3.63. The van der Waals surface area contributed by atoms with Crippen molar-refractivity contribution in [1.29, 1.82) is 0 Å². The summed E-state index contributed by atoms with van der Waals surface area (Å²) in [5, 5.41) is 0. The largest absolute Gasteiger partial charge is 0.497 e. The maximum Gasteiger partial charge on any atom is 0.401 e. The van der Waals surface area contributed by atoms with E-state index in [9.17, 15) is 8.78 Å². The number of methoxy groups -OCH3 is 1. The fraction of sp³-hybridized carbons (Fsp3) is 0.647. The molecule has 1 atom stereocenters. The van der Waals surface area contributed by atoms with Crippen LogP contribution >= 0.6 is 0 Å². The van der Waals surface area contributed by atoms with Crippen molar-refractivity contribution in [3.63, 3.8) is 0 Å². The SMILES string of the molecule is COc1ccc2c(c1)OC(F)(F)C(C1CCC(C)CC1)C2. The molecule has 2 aliphatic rings. The predicted molar refractivity (Wildman–Crippen MR) is 76.9 cm³/mol. The summed E-state index contributed by atoms with van der Waals surface area (Å²) in [5.41, 5.74) is 0.866. The first-order valence-electron chi connectivity index (χ1n) is 7.73. The molecular weight excluding hydrogens is 274 g/mol. The Morgan fingerprint density at radius 3 is 2.57 bits per heavy atom. The van der Waals surface area contributed by atoms with Gasteiger partial charge in [-0.1, -0.05) is 25.8 Å². The lowest BCUT2D eigenvalue weighted by Crippen LogP contribution is -2.44. The zero-order valence-corrected chi connectivity index (χ0v) is 12.6. The van der Waals surface area contributed by atoms with E-state index in [1.807, 2.05) is 12.1 Å². The molecule has 1 aliphatic heterocycles. The van der Waals surface area contributed by atoms with Crippen molar-refractivity contribution in [1.82, 2.24) is 0 Å². The van der Waals surface area contributed by atoms with Crippen molar-refractivity contribution in [2.24, 2.45) is 17.8 Å². The summed E-state index contributed by atoms with van der Waals surface area (Å²) in [7, 11) is 1.52. The van der Waals surface area contributed by atoms with Gasteiger partial charge in [-0.2, -0.15) is 8.78 Å². The van der Waals surface area contributed by atoms with Gasteiger partial charge in [0.15, 0.2) is 0 Å². The molecule has 0 amide bonds.